The number of pyridine rings is 2. The third-order valence-electron chi connectivity index (χ3n) is 4.57. The van der Waals surface area contributed by atoms with Crippen LogP contribution in [0.3, 0.4) is 0 Å². The summed E-state index contributed by atoms with van der Waals surface area (Å²) < 4.78 is 7.26. The van der Waals surface area contributed by atoms with Gasteiger partial charge in [-0.05, 0) is 38.3 Å². The molecule has 0 aliphatic carbocycles. The van der Waals surface area contributed by atoms with E-state index in [0.717, 1.165) is 16.5 Å². The molecule has 0 aliphatic rings. The first kappa shape index (κ1) is 21.6. The average molecular weight is 408 g/mol. The van der Waals surface area contributed by atoms with Gasteiger partial charge in [0, 0.05) is 29.2 Å². The molecule has 0 saturated heterocycles. The number of benzene rings is 1. The van der Waals surface area contributed by atoms with Gasteiger partial charge in [-0.3, -0.25) is 9.78 Å². The van der Waals surface area contributed by atoms with E-state index >= 15 is 0 Å². The predicted octanol–water partition coefficient (Wildman–Crippen LogP) is 4.74. The molecule has 6 heteroatoms. The molecule has 3 rings (SSSR count). The first-order chi connectivity index (χ1) is 14.2. The summed E-state index contributed by atoms with van der Waals surface area (Å²) in [6, 6.07) is 13.5. The molecular weight excluding hydrogens is 378 g/mol. The van der Waals surface area contributed by atoms with Crippen LogP contribution in [0.1, 0.15) is 40.3 Å². The fraction of sp³-hybridized carbons (Fsp3) is 0.375. The van der Waals surface area contributed by atoms with E-state index in [2.05, 4.69) is 10.3 Å². The number of fused-ring (bicyclic) bond motifs is 1. The molecular formula is C24H29N3O3. The monoisotopic (exact) mass is 407 g/mol. The van der Waals surface area contributed by atoms with Crippen molar-refractivity contribution in [1.82, 2.24) is 14.9 Å². The van der Waals surface area contributed by atoms with E-state index in [0.29, 0.717) is 17.8 Å². The van der Waals surface area contributed by atoms with Crippen molar-refractivity contribution < 1.29 is 9.53 Å². The maximum atomic E-state index is 13.3. The number of alkyl carbamates (subject to hydrolysis) is 1. The van der Waals surface area contributed by atoms with Gasteiger partial charge >= 0.3 is 6.09 Å². The van der Waals surface area contributed by atoms with Crippen LogP contribution in [0.25, 0.3) is 22.0 Å². The summed E-state index contributed by atoms with van der Waals surface area (Å²) >= 11 is 0. The highest BCUT2D eigenvalue weighted by molar-refractivity contribution is 5.95. The minimum absolute atomic E-state index is 0.0149. The molecule has 3 aromatic rings. The molecule has 0 radical (unpaired) electrons. The summed E-state index contributed by atoms with van der Waals surface area (Å²) in [7, 11) is 0. The second-order valence-electron chi connectivity index (χ2n) is 8.85. The summed E-state index contributed by atoms with van der Waals surface area (Å²) in [4.78, 5) is 30.0. The van der Waals surface area contributed by atoms with Crippen LogP contribution in [-0.2, 0) is 17.9 Å². The first-order valence-electron chi connectivity index (χ1n) is 10.2. The number of nitrogens with zero attached hydrogens (tertiary/aromatic N) is 2. The van der Waals surface area contributed by atoms with E-state index in [9.17, 15) is 9.59 Å². The third kappa shape index (κ3) is 4.87. The van der Waals surface area contributed by atoms with Crippen molar-refractivity contribution in [3.05, 3.63) is 64.7 Å². The summed E-state index contributed by atoms with van der Waals surface area (Å²) in [5, 5.41) is 3.55. The van der Waals surface area contributed by atoms with E-state index in [-0.39, 0.29) is 18.1 Å². The lowest BCUT2D eigenvalue weighted by Crippen LogP contribution is -2.41. The number of hydrogen-bond donors (Lipinski definition) is 1. The molecule has 2 aromatic heterocycles. The average Bonchev–Trinajstić information content (AvgIpc) is 2.68. The van der Waals surface area contributed by atoms with Crippen molar-refractivity contribution in [2.75, 3.05) is 0 Å². The lowest BCUT2D eigenvalue weighted by molar-refractivity contribution is 0.128. The first-order valence-corrected chi connectivity index (χ1v) is 10.2. The Labute approximate surface area is 176 Å². The molecule has 0 spiro atoms. The van der Waals surface area contributed by atoms with E-state index in [4.69, 9.17) is 4.74 Å². The van der Waals surface area contributed by atoms with E-state index in [1.54, 1.807) is 10.8 Å². The second kappa shape index (κ2) is 8.69. The molecule has 0 fully saturated rings. The molecule has 30 heavy (non-hydrogen) atoms. The highest BCUT2D eigenvalue weighted by atomic mass is 16.5. The summed E-state index contributed by atoms with van der Waals surface area (Å²) in [6.07, 6.45) is 1.11. The molecule has 0 aliphatic heterocycles. The van der Waals surface area contributed by atoms with Crippen LogP contribution in [0, 0.1) is 5.92 Å². The fourth-order valence-corrected chi connectivity index (χ4v) is 3.43. The molecule has 0 bridgehead atoms. The highest BCUT2D eigenvalue weighted by Gasteiger charge is 2.21. The fourth-order valence-electron chi connectivity index (χ4n) is 3.43. The van der Waals surface area contributed by atoms with Crippen LogP contribution in [-0.4, -0.2) is 21.2 Å². The molecule has 0 saturated carbocycles. The van der Waals surface area contributed by atoms with Crippen LogP contribution >= 0.6 is 0 Å². The van der Waals surface area contributed by atoms with Crippen LogP contribution in [0.4, 0.5) is 4.79 Å². The molecule has 0 unspecified atom stereocenters. The van der Waals surface area contributed by atoms with Gasteiger partial charge in [-0.2, -0.15) is 0 Å². The van der Waals surface area contributed by atoms with Gasteiger partial charge in [-0.15, -0.1) is 0 Å². The van der Waals surface area contributed by atoms with Gasteiger partial charge in [0.05, 0.1) is 5.69 Å². The number of amides is 1. The van der Waals surface area contributed by atoms with Gasteiger partial charge < -0.3 is 14.6 Å². The Hall–Kier alpha value is -3.15. The van der Waals surface area contributed by atoms with Crippen molar-refractivity contribution in [2.24, 2.45) is 5.92 Å². The zero-order chi connectivity index (χ0) is 21.9. The predicted molar refractivity (Wildman–Crippen MR) is 119 cm³/mol. The van der Waals surface area contributed by atoms with Crippen molar-refractivity contribution in [3.63, 3.8) is 0 Å². The molecule has 2 heterocycles. The SMILES string of the molecule is CC(C)Cn1c(COC(=O)NC(C)(C)C)c(-c2ccccc2)c2cccnc2c1=O. The number of carbonyl (C=O) groups is 1. The number of nitrogens with one attached hydrogen (secondary N) is 1. The van der Waals surface area contributed by atoms with Crippen molar-refractivity contribution in [2.45, 2.75) is 53.3 Å². The van der Waals surface area contributed by atoms with Gasteiger partial charge in [0.2, 0.25) is 0 Å². The zero-order valence-electron chi connectivity index (χ0n) is 18.2. The van der Waals surface area contributed by atoms with Gasteiger partial charge in [0.15, 0.2) is 0 Å². The van der Waals surface area contributed by atoms with Crippen LogP contribution in [0.5, 0.6) is 0 Å². The Balaban J connectivity index is 2.21. The van der Waals surface area contributed by atoms with Crippen molar-refractivity contribution in [1.29, 1.82) is 0 Å². The van der Waals surface area contributed by atoms with Crippen LogP contribution in [0.15, 0.2) is 53.5 Å². The Bertz CT molecular complexity index is 1100. The molecule has 1 amide bonds. The molecule has 6 nitrogen and oxygen atoms in total. The molecule has 158 valence electrons. The second-order valence-corrected chi connectivity index (χ2v) is 8.85. The quantitative estimate of drug-likeness (QED) is 0.663. The van der Waals surface area contributed by atoms with E-state index in [1.807, 2.05) is 77.1 Å². The van der Waals surface area contributed by atoms with Crippen LogP contribution in [0.2, 0.25) is 0 Å². The summed E-state index contributed by atoms with van der Waals surface area (Å²) in [5.74, 6) is 0.231. The van der Waals surface area contributed by atoms with Gasteiger partial charge in [-0.25, -0.2) is 4.79 Å². The zero-order valence-corrected chi connectivity index (χ0v) is 18.2. The number of hydrogen-bond acceptors (Lipinski definition) is 4. The Morgan fingerprint density at radius 1 is 1.13 bits per heavy atom. The minimum Gasteiger partial charge on any atom is -0.443 e. The number of ether oxygens (including phenoxy) is 1. The lowest BCUT2D eigenvalue weighted by Gasteiger charge is -2.23. The Morgan fingerprint density at radius 3 is 2.47 bits per heavy atom. The van der Waals surface area contributed by atoms with Gasteiger partial charge in [0.1, 0.15) is 12.1 Å². The smallest absolute Gasteiger partial charge is 0.407 e. The largest absolute Gasteiger partial charge is 0.443 e. The molecule has 1 N–H and O–H groups in total. The van der Waals surface area contributed by atoms with E-state index < -0.39 is 11.6 Å². The highest BCUT2D eigenvalue weighted by Crippen LogP contribution is 2.31. The van der Waals surface area contributed by atoms with Crippen molar-refractivity contribution in [3.8, 4) is 11.1 Å². The summed E-state index contributed by atoms with van der Waals surface area (Å²) in [5.41, 5.74) is 2.31. The normalized spacial score (nSPS) is 11.7. The number of rotatable bonds is 5. The standard InChI is InChI=1S/C24H29N3O3/c1-16(2)14-27-19(15-30-23(29)26-24(3,4)5)20(17-10-7-6-8-11-17)18-12-9-13-25-21(18)22(27)28/h6-13,16H,14-15H2,1-5H3,(H,26,29). The molecule has 0 atom stereocenters. The maximum absolute atomic E-state index is 13.3. The Morgan fingerprint density at radius 2 is 1.83 bits per heavy atom. The topological polar surface area (TPSA) is 73.2 Å². The maximum Gasteiger partial charge on any atom is 0.407 e. The number of carbonyl (C=O) groups excluding carboxylic acids is 1. The minimum atomic E-state index is -0.517. The van der Waals surface area contributed by atoms with Crippen LogP contribution < -0.4 is 10.9 Å². The van der Waals surface area contributed by atoms with Gasteiger partial charge in [0.25, 0.3) is 5.56 Å². The summed E-state index contributed by atoms with van der Waals surface area (Å²) in [6.45, 7) is 10.3. The molecule has 1 aromatic carbocycles. The third-order valence-corrected chi connectivity index (χ3v) is 4.57. The lowest BCUT2D eigenvalue weighted by atomic mass is 9.98. The Kier molecular flexibility index (Phi) is 6.25. The van der Waals surface area contributed by atoms with Gasteiger partial charge in [-0.1, -0.05) is 50.2 Å². The number of aromatic nitrogens is 2. The van der Waals surface area contributed by atoms with Crippen molar-refractivity contribution >= 4 is 17.0 Å². The van der Waals surface area contributed by atoms with E-state index in [1.165, 1.54) is 0 Å².